The van der Waals surface area contributed by atoms with E-state index in [9.17, 15) is 19.0 Å². The predicted molar refractivity (Wildman–Crippen MR) is 107 cm³/mol. The molecule has 0 saturated heterocycles. The van der Waals surface area contributed by atoms with Gasteiger partial charge in [-0.25, -0.2) is 4.57 Å². The number of para-hydroxylation sites is 1. The first-order valence-corrected chi connectivity index (χ1v) is 10.9. The van der Waals surface area contributed by atoms with Crippen molar-refractivity contribution in [3.8, 4) is 5.75 Å². The molecular formula is C19H26NO10P. The summed E-state index contributed by atoms with van der Waals surface area (Å²) >= 11 is 0. The van der Waals surface area contributed by atoms with Crippen LogP contribution in [0.4, 0.5) is 0 Å². The van der Waals surface area contributed by atoms with Crippen LogP contribution in [0.5, 0.6) is 5.75 Å². The Morgan fingerprint density at radius 3 is 2.81 bits per heavy atom. The van der Waals surface area contributed by atoms with Gasteiger partial charge in [0, 0.05) is 6.42 Å². The lowest BCUT2D eigenvalue weighted by Crippen LogP contribution is -2.38. The molecule has 0 radical (unpaired) electrons. The van der Waals surface area contributed by atoms with Crippen LogP contribution < -0.4 is 10.5 Å². The molecule has 0 fully saturated rings. The molecular weight excluding hydrogens is 433 g/mol. The lowest BCUT2D eigenvalue weighted by Gasteiger charge is -2.28. The third-order valence-corrected chi connectivity index (χ3v) is 5.27. The number of phosphoric acid groups is 1. The molecule has 172 valence electrons. The van der Waals surface area contributed by atoms with Crippen molar-refractivity contribution in [3.63, 3.8) is 0 Å². The van der Waals surface area contributed by atoms with E-state index in [2.05, 4.69) is 4.52 Å². The van der Waals surface area contributed by atoms with Crippen molar-refractivity contribution < 1.29 is 47.4 Å². The van der Waals surface area contributed by atoms with Crippen LogP contribution in [-0.2, 0) is 39.1 Å². The number of hydrogen-bond donors (Lipinski definition) is 3. The zero-order chi connectivity index (χ0) is 22.9. The van der Waals surface area contributed by atoms with Gasteiger partial charge in [-0.15, -0.1) is 0 Å². The van der Waals surface area contributed by atoms with E-state index in [0.29, 0.717) is 12.2 Å². The number of carbonyl (C=O) groups excluding carboxylic acids is 1. The van der Waals surface area contributed by atoms with E-state index in [1.54, 1.807) is 19.3 Å². The molecule has 31 heavy (non-hydrogen) atoms. The lowest BCUT2D eigenvalue weighted by molar-refractivity contribution is -0.150. The second-order valence-electron chi connectivity index (χ2n) is 6.57. The molecule has 0 aliphatic carbocycles. The van der Waals surface area contributed by atoms with E-state index in [4.69, 9.17) is 29.6 Å². The van der Waals surface area contributed by atoms with E-state index in [0.717, 1.165) is 5.56 Å². The highest BCUT2D eigenvalue weighted by atomic mass is 31.2. The number of carbonyl (C=O) groups is 2. The minimum atomic E-state index is -4.63. The number of nitrogens with two attached hydrogens (primary N) is 1. The third kappa shape index (κ3) is 8.41. The summed E-state index contributed by atoms with van der Waals surface area (Å²) in [6, 6.07) is 5.82. The summed E-state index contributed by atoms with van der Waals surface area (Å²) in [6.07, 6.45) is 1.65. The van der Waals surface area contributed by atoms with Crippen LogP contribution in [0.25, 0.3) is 0 Å². The summed E-state index contributed by atoms with van der Waals surface area (Å²) in [4.78, 5) is 32.6. The van der Waals surface area contributed by atoms with Gasteiger partial charge < -0.3 is 29.9 Å². The quantitative estimate of drug-likeness (QED) is 0.232. The van der Waals surface area contributed by atoms with Crippen LogP contribution in [0, 0.1) is 0 Å². The Morgan fingerprint density at radius 2 is 2.10 bits per heavy atom. The smallest absolute Gasteiger partial charge is 0.472 e. The third-order valence-electron chi connectivity index (χ3n) is 4.29. The van der Waals surface area contributed by atoms with Crippen LogP contribution in [0.2, 0.25) is 0 Å². The van der Waals surface area contributed by atoms with Crippen LogP contribution >= 0.6 is 7.82 Å². The van der Waals surface area contributed by atoms with Crippen LogP contribution in [0.1, 0.15) is 12.0 Å². The molecule has 0 aromatic heterocycles. The van der Waals surface area contributed by atoms with Crippen molar-refractivity contribution >= 4 is 19.8 Å². The Hall–Kier alpha value is -2.27. The summed E-state index contributed by atoms with van der Waals surface area (Å²) in [5.74, 6) is -1.21. The van der Waals surface area contributed by atoms with Gasteiger partial charge in [0.05, 0.1) is 20.3 Å². The second-order valence-corrected chi connectivity index (χ2v) is 7.98. The number of ether oxygens (including phenoxy) is 3. The van der Waals surface area contributed by atoms with Crippen molar-refractivity contribution in [1.29, 1.82) is 0 Å². The zero-order valence-electron chi connectivity index (χ0n) is 16.9. The highest BCUT2D eigenvalue weighted by molar-refractivity contribution is 7.47. The standard InChI is InChI=1S/C19H26NO10P/c1-26-15-6-3-2-5-13(15)8-9-18(21)28-12-17-16(7-4-10-27-17)30-31(24,25)29-11-14(20)19(22)23/h2-7,14,16-17H,8-12,20H2,1H3,(H,22,23)(H,24,25)/t14-,16+,17+/m0/s1. The van der Waals surface area contributed by atoms with E-state index < -0.39 is 44.6 Å². The second kappa shape index (κ2) is 11.9. The van der Waals surface area contributed by atoms with Gasteiger partial charge in [0.2, 0.25) is 0 Å². The fraction of sp³-hybridized carbons (Fsp3) is 0.474. The van der Waals surface area contributed by atoms with E-state index in [1.165, 1.54) is 6.08 Å². The van der Waals surface area contributed by atoms with Gasteiger partial charge in [-0.3, -0.25) is 18.6 Å². The lowest BCUT2D eigenvalue weighted by atomic mass is 10.1. The Bertz CT molecular complexity index is 830. The average Bonchev–Trinajstić information content (AvgIpc) is 2.75. The van der Waals surface area contributed by atoms with Gasteiger partial charge in [0.15, 0.2) is 0 Å². The maximum atomic E-state index is 12.1. The normalized spacial score (nSPS) is 21.1. The van der Waals surface area contributed by atoms with Crippen molar-refractivity contribution in [2.75, 3.05) is 26.9 Å². The van der Waals surface area contributed by atoms with Crippen LogP contribution in [-0.4, -0.2) is 67.1 Å². The summed E-state index contributed by atoms with van der Waals surface area (Å²) in [6.45, 7) is -0.735. The molecule has 11 nitrogen and oxygen atoms in total. The predicted octanol–water partition coefficient (Wildman–Crippen LogP) is 1.04. The number of methoxy groups -OCH3 is 1. The van der Waals surface area contributed by atoms with Gasteiger partial charge in [-0.05, 0) is 18.1 Å². The SMILES string of the molecule is COc1ccccc1CCC(=O)OC[C@H]1OCC=C[C@H]1OP(=O)(O)OC[C@H](N)C(=O)O. The van der Waals surface area contributed by atoms with Gasteiger partial charge >= 0.3 is 19.8 Å². The number of esters is 1. The Morgan fingerprint density at radius 1 is 1.35 bits per heavy atom. The highest BCUT2D eigenvalue weighted by Crippen LogP contribution is 2.45. The number of aryl methyl sites for hydroxylation is 1. The monoisotopic (exact) mass is 459 g/mol. The Kier molecular flexibility index (Phi) is 9.63. The number of carboxylic acid groups (broad SMARTS) is 1. The summed E-state index contributed by atoms with van der Waals surface area (Å²) in [5, 5.41) is 8.71. The maximum Gasteiger partial charge on any atom is 0.472 e. The first-order chi connectivity index (χ1) is 14.7. The molecule has 0 spiro atoms. The van der Waals surface area contributed by atoms with Gasteiger partial charge in [0.25, 0.3) is 0 Å². The number of aliphatic carboxylic acids is 1. The topological polar surface area (TPSA) is 164 Å². The molecule has 1 heterocycles. The largest absolute Gasteiger partial charge is 0.496 e. The molecule has 12 heteroatoms. The number of rotatable bonds is 12. The summed E-state index contributed by atoms with van der Waals surface area (Å²) < 4.78 is 37.6. The minimum absolute atomic E-state index is 0.100. The van der Waals surface area contributed by atoms with E-state index >= 15 is 0 Å². The molecule has 0 amide bonds. The van der Waals surface area contributed by atoms with Crippen molar-refractivity contribution in [3.05, 3.63) is 42.0 Å². The van der Waals surface area contributed by atoms with Crippen LogP contribution in [0.15, 0.2) is 36.4 Å². The fourth-order valence-corrected chi connectivity index (χ4v) is 3.58. The van der Waals surface area contributed by atoms with Gasteiger partial charge in [0.1, 0.15) is 30.6 Å². The number of phosphoric ester groups is 1. The van der Waals surface area contributed by atoms with Crippen molar-refractivity contribution in [2.24, 2.45) is 5.73 Å². The van der Waals surface area contributed by atoms with Gasteiger partial charge in [-0.2, -0.15) is 0 Å². The summed E-state index contributed by atoms with van der Waals surface area (Å²) in [5.41, 5.74) is 6.10. The number of hydrogen-bond acceptors (Lipinski definition) is 9. The average molecular weight is 459 g/mol. The first-order valence-electron chi connectivity index (χ1n) is 9.41. The van der Waals surface area contributed by atoms with Gasteiger partial charge in [-0.1, -0.05) is 30.4 Å². The summed E-state index contributed by atoms with van der Waals surface area (Å²) in [7, 11) is -3.08. The highest BCUT2D eigenvalue weighted by Gasteiger charge is 2.34. The fourth-order valence-electron chi connectivity index (χ4n) is 2.66. The number of benzene rings is 1. The van der Waals surface area contributed by atoms with E-state index in [1.807, 2.05) is 18.2 Å². The molecule has 1 aliphatic rings. The molecule has 0 saturated carbocycles. The van der Waals surface area contributed by atoms with Crippen molar-refractivity contribution in [1.82, 2.24) is 0 Å². The molecule has 4 atom stereocenters. The molecule has 0 bridgehead atoms. The zero-order valence-corrected chi connectivity index (χ0v) is 17.8. The maximum absolute atomic E-state index is 12.1. The molecule has 1 aliphatic heterocycles. The van der Waals surface area contributed by atoms with Crippen LogP contribution in [0.3, 0.4) is 0 Å². The molecule has 4 N–H and O–H groups in total. The molecule has 1 unspecified atom stereocenters. The molecule has 1 aromatic carbocycles. The molecule has 1 aromatic rings. The Labute approximate surface area is 179 Å². The molecule has 2 rings (SSSR count). The van der Waals surface area contributed by atoms with Crippen molar-refractivity contribution in [2.45, 2.75) is 31.1 Å². The number of carboxylic acids is 1. The van der Waals surface area contributed by atoms with E-state index in [-0.39, 0.29) is 19.6 Å². The minimum Gasteiger partial charge on any atom is -0.496 e. The Balaban J connectivity index is 1.84. The first kappa shape index (κ1) is 25.0.